The molecule has 15 rings (SSSR count). The van der Waals surface area contributed by atoms with Crippen molar-refractivity contribution in [2.75, 3.05) is 0 Å². The van der Waals surface area contributed by atoms with Crippen LogP contribution in [-0.4, -0.2) is 20.4 Å². The van der Waals surface area contributed by atoms with Crippen molar-refractivity contribution in [2.24, 2.45) is 0 Å². The summed E-state index contributed by atoms with van der Waals surface area (Å²) in [5.41, 5.74) is 21.3. The first kappa shape index (κ1) is 61.2. The summed E-state index contributed by atoms with van der Waals surface area (Å²) in [4.78, 5) is 0. The summed E-state index contributed by atoms with van der Waals surface area (Å²) in [6, 6.07) is 85.6. The third kappa shape index (κ3) is 11.2. The molecule has 6 heteroatoms. The molecule has 0 unspecified atom stereocenters. The van der Waals surface area contributed by atoms with Gasteiger partial charge in [-0.2, -0.15) is 0 Å². The SMILES string of the molecule is CCCCCCC1(CCCCCC)c2cc(-c3c4ccccc4c(-c4cccc(-c5nnc(-c6ccc(C(C)(C)C)cc6)o5)c4)c4ccccc34)ccc2-c2ccc(-c3c4ccccc4c(-c4cccc(-c5nnc(-c6ccc(C(C)(C)C)cc6)o5)c4)c4ccccc34)cc21. The quantitative estimate of drug-likeness (QED) is 0.0629. The van der Waals surface area contributed by atoms with Crippen LogP contribution in [0.15, 0.2) is 239 Å². The molecule has 6 nitrogen and oxygen atoms in total. The molecule has 0 spiro atoms. The van der Waals surface area contributed by atoms with Crippen LogP contribution in [0.4, 0.5) is 0 Å². The molecule has 95 heavy (non-hydrogen) atoms. The highest BCUT2D eigenvalue weighted by molar-refractivity contribution is 6.23. The van der Waals surface area contributed by atoms with Crippen molar-refractivity contribution in [1.82, 2.24) is 20.4 Å². The van der Waals surface area contributed by atoms with E-state index in [1.54, 1.807) is 0 Å². The van der Waals surface area contributed by atoms with Gasteiger partial charge in [-0.1, -0.05) is 277 Å². The van der Waals surface area contributed by atoms with Crippen molar-refractivity contribution < 1.29 is 8.83 Å². The van der Waals surface area contributed by atoms with Crippen molar-refractivity contribution in [3.8, 4) is 101 Å². The smallest absolute Gasteiger partial charge is 0.248 e. The lowest BCUT2D eigenvalue weighted by molar-refractivity contribution is 0.401. The van der Waals surface area contributed by atoms with E-state index in [0.717, 1.165) is 46.2 Å². The summed E-state index contributed by atoms with van der Waals surface area (Å²) in [6.45, 7) is 18.0. The van der Waals surface area contributed by atoms with Crippen molar-refractivity contribution in [3.63, 3.8) is 0 Å². The molecule has 0 saturated carbocycles. The van der Waals surface area contributed by atoms with Gasteiger partial charge in [-0.15, -0.1) is 20.4 Å². The van der Waals surface area contributed by atoms with E-state index in [1.165, 1.54) is 161 Å². The van der Waals surface area contributed by atoms with Gasteiger partial charge in [0.2, 0.25) is 23.6 Å². The van der Waals surface area contributed by atoms with Crippen molar-refractivity contribution >= 4 is 43.1 Å². The highest BCUT2D eigenvalue weighted by atomic mass is 16.4. The topological polar surface area (TPSA) is 77.8 Å². The maximum absolute atomic E-state index is 6.46. The van der Waals surface area contributed by atoms with E-state index in [0.29, 0.717) is 23.6 Å². The van der Waals surface area contributed by atoms with E-state index in [9.17, 15) is 0 Å². The highest BCUT2D eigenvalue weighted by Gasteiger charge is 2.43. The molecule has 12 aromatic carbocycles. The number of fused-ring (bicyclic) bond motifs is 7. The fourth-order valence-corrected chi connectivity index (χ4v) is 15.4. The first-order valence-corrected chi connectivity index (χ1v) is 34.6. The van der Waals surface area contributed by atoms with Crippen molar-refractivity contribution in [1.29, 1.82) is 0 Å². The summed E-state index contributed by atoms with van der Waals surface area (Å²) in [7, 11) is 0. The van der Waals surface area contributed by atoms with Gasteiger partial charge < -0.3 is 8.83 Å². The molecule has 1 aliphatic carbocycles. The van der Waals surface area contributed by atoms with Crippen LogP contribution in [0.5, 0.6) is 0 Å². The Morgan fingerprint density at radius 2 is 0.568 bits per heavy atom. The van der Waals surface area contributed by atoms with Gasteiger partial charge in [0, 0.05) is 27.7 Å². The molecule has 14 aromatic rings. The molecular weight excluding hydrogens is 1160 g/mol. The fourth-order valence-electron chi connectivity index (χ4n) is 15.4. The molecular formula is C89H82N4O2. The third-order valence-electron chi connectivity index (χ3n) is 20.4. The lowest BCUT2D eigenvalue weighted by Gasteiger charge is -2.34. The minimum absolute atomic E-state index is 0.0470. The second-order valence-electron chi connectivity index (χ2n) is 28.5. The molecule has 0 atom stereocenters. The van der Waals surface area contributed by atoms with E-state index in [-0.39, 0.29) is 16.2 Å². The monoisotopic (exact) mass is 1240 g/mol. The van der Waals surface area contributed by atoms with Gasteiger partial charge in [-0.3, -0.25) is 0 Å². The predicted octanol–water partition coefficient (Wildman–Crippen LogP) is 25.2. The van der Waals surface area contributed by atoms with Gasteiger partial charge in [0.15, 0.2) is 0 Å². The predicted molar refractivity (Wildman–Crippen MR) is 397 cm³/mol. The molecule has 0 radical (unpaired) electrons. The second-order valence-corrected chi connectivity index (χ2v) is 28.5. The summed E-state index contributed by atoms with van der Waals surface area (Å²) in [5.74, 6) is 2.02. The Morgan fingerprint density at radius 3 is 0.874 bits per heavy atom. The zero-order valence-corrected chi connectivity index (χ0v) is 56.1. The Kier molecular flexibility index (Phi) is 16.1. The minimum atomic E-state index is -0.203. The Morgan fingerprint density at radius 1 is 0.284 bits per heavy atom. The minimum Gasteiger partial charge on any atom is -0.416 e. The molecule has 2 aromatic heterocycles. The van der Waals surface area contributed by atoms with Crippen LogP contribution in [0.3, 0.4) is 0 Å². The van der Waals surface area contributed by atoms with Crippen molar-refractivity contribution in [2.45, 2.75) is 136 Å². The lowest BCUT2D eigenvalue weighted by Crippen LogP contribution is -2.25. The maximum atomic E-state index is 6.46. The zero-order valence-electron chi connectivity index (χ0n) is 56.1. The van der Waals surface area contributed by atoms with Crippen LogP contribution in [0, 0.1) is 0 Å². The number of unbranched alkanes of at least 4 members (excludes halogenated alkanes) is 6. The third-order valence-corrected chi connectivity index (χ3v) is 20.4. The van der Waals surface area contributed by atoms with E-state index >= 15 is 0 Å². The van der Waals surface area contributed by atoms with Crippen LogP contribution >= 0.6 is 0 Å². The van der Waals surface area contributed by atoms with Crippen LogP contribution in [-0.2, 0) is 16.2 Å². The largest absolute Gasteiger partial charge is 0.416 e. The highest BCUT2D eigenvalue weighted by Crippen LogP contribution is 2.58. The summed E-state index contributed by atoms with van der Waals surface area (Å²) >= 11 is 0. The van der Waals surface area contributed by atoms with Crippen molar-refractivity contribution in [3.05, 3.63) is 253 Å². The zero-order chi connectivity index (χ0) is 65.0. The molecule has 0 amide bonds. The van der Waals surface area contributed by atoms with E-state index in [1.807, 2.05) is 0 Å². The first-order valence-electron chi connectivity index (χ1n) is 34.6. The first-order chi connectivity index (χ1) is 46.3. The van der Waals surface area contributed by atoms with E-state index in [2.05, 4.69) is 306 Å². The molecule has 0 saturated heterocycles. The molecule has 0 fully saturated rings. The molecule has 470 valence electrons. The second kappa shape index (κ2) is 25.0. The molecule has 2 heterocycles. The Hall–Kier alpha value is -10.0. The molecule has 0 bridgehead atoms. The number of nitrogens with zero attached hydrogens (tertiary/aromatic N) is 4. The van der Waals surface area contributed by atoms with Gasteiger partial charge in [0.1, 0.15) is 0 Å². The van der Waals surface area contributed by atoms with Crippen LogP contribution in [0.1, 0.15) is 142 Å². The summed E-state index contributed by atoms with van der Waals surface area (Å²) < 4.78 is 12.9. The Labute approximate surface area is 559 Å². The molecule has 1 aliphatic rings. The number of rotatable bonds is 18. The van der Waals surface area contributed by atoms with Gasteiger partial charge >= 0.3 is 0 Å². The summed E-state index contributed by atoms with van der Waals surface area (Å²) in [5, 5.41) is 28.1. The molecule has 0 N–H and O–H groups in total. The number of hydrogen-bond acceptors (Lipinski definition) is 6. The van der Waals surface area contributed by atoms with E-state index < -0.39 is 0 Å². The molecule has 0 aliphatic heterocycles. The van der Waals surface area contributed by atoms with Gasteiger partial charge in [-0.05, 0) is 205 Å². The standard InChI is InChI=1S/C89H82N4O2/c1-9-11-13-23-51-89(52-24-14-12-10-2)77-55-61(81-73-35-19-15-31-69(73)79(70-32-16-20-36-74(70)81)59-27-25-29-63(53-59)85-92-90-83(94-85)57-39-45-65(46-40-57)87(3,4)5)43-49-67(77)68-50-44-62(56-78(68)89)82-75-37-21-17-33-71(75)80(72-34-18-22-38-76(72)82)60-28-26-30-64(54-60)86-93-91-84(95-86)58-41-47-66(48-42-58)88(6,7)8/h15-22,25-50,53-56H,9-14,23-24,51-52H2,1-8H3. The number of hydrogen-bond donors (Lipinski definition) is 0. The van der Waals surface area contributed by atoms with Gasteiger partial charge in [0.05, 0.1) is 0 Å². The van der Waals surface area contributed by atoms with E-state index in [4.69, 9.17) is 8.83 Å². The Bertz CT molecular complexity index is 4750. The Balaban J connectivity index is 0.844. The van der Waals surface area contributed by atoms with Gasteiger partial charge in [0.25, 0.3) is 0 Å². The van der Waals surface area contributed by atoms with Crippen LogP contribution in [0.25, 0.3) is 145 Å². The van der Waals surface area contributed by atoms with Gasteiger partial charge in [-0.25, -0.2) is 0 Å². The lowest BCUT2D eigenvalue weighted by atomic mass is 9.69. The average Bonchev–Trinajstić information content (AvgIpc) is 1.70. The summed E-state index contributed by atoms with van der Waals surface area (Å²) in [6.07, 6.45) is 11.8. The van der Waals surface area contributed by atoms with Crippen LogP contribution < -0.4 is 0 Å². The number of aromatic nitrogens is 4. The normalized spacial score (nSPS) is 12.9. The fraction of sp³-hybridized carbons (Fsp3) is 0.236. The van der Waals surface area contributed by atoms with Crippen LogP contribution in [0.2, 0.25) is 0 Å². The average molecular weight is 1240 g/mol. The number of benzene rings is 12. The maximum Gasteiger partial charge on any atom is 0.248 e.